The highest BCUT2D eigenvalue weighted by molar-refractivity contribution is 6.27. The van der Waals surface area contributed by atoms with Gasteiger partial charge in [-0.1, -0.05) is 24.3 Å². The van der Waals surface area contributed by atoms with Crippen molar-refractivity contribution >= 4 is 17.8 Å². The SMILES string of the molecule is COc1cccc(C(=O)N2CCN(Cc3ccccc3F)CC2)c1.O=C(O)C(=O)O. The van der Waals surface area contributed by atoms with Gasteiger partial charge in [-0.3, -0.25) is 9.69 Å². The van der Waals surface area contributed by atoms with Crippen LogP contribution in [0.1, 0.15) is 15.9 Å². The number of amides is 1. The van der Waals surface area contributed by atoms with E-state index >= 15 is 0 Å². The number of carboxylic acids is 2. The molecule has 0 radical (unpaired) electrons. The molecular weight excluding hydrogens is 395 g/mol. The van der Waals surface area contributed by atoms with Gasteiger partial charge in [0.15, 0.2) is 0 Å². The number of rotatable bonds is 4. The zero-order valence-corrected chi connectivity index (χ0v) is 16.5. The largest absolute Gasteiger partial charge is 0.497 e. The Balaban J connectivity index is 0.000000469. The van der Waals surface area contributed by atoms with E-state index in [9.17, 15) is 9.18 Å². The van der Waals surface area contributed by atoms with Gasteiger partial charge >= 0.3 is 11.9 Å². The molecule has 0 bridgehead atoms. The lowest BCUT2D eigenvalue weighted by atomic mass is 10.1. The summed E-state index contributed by atoms with van der Waals surface area (Å²) in [6.45, 7) is 3.34. The Morgan fingerprint density at radius 2 is 1.60 bits per heavy atom. The van der Waals surface area contributed by atoms with Crippen molar-refractivity contribution in [1.29, 1.82) is 0 Å². The smallest absolute Gasteiger partial charge is 0.414 e. The molecule has 0 atom stereocenters. The van der Waals surface area contributed by atoms with Crippen molar-refractivity contribution in [3.8, 4) is 5.75 Å². The summed E-state index contributed by atoms with van der Waals surface area (Å²) in [6, 6.07) is 14.0. The average Bonchev–Trinajstić information content (AvgIpc) is 2.76. The van der Waals surface area contributed by atoms with Gasteiger partial charge in [-0.05, 0) is 24.3 Å². The van der Waals surface area contributed by atoms with E-state index in [1.165, 1.54) is 6.07 Å². The third-order valence-electron chi connectivity index (χ3n) is 4.51. The summed E-state index contributed by atoms with van der Waals surface area (Å²) in [7, 11) is 1.59. The molecule has 0 spiro atoms. The topological polar surface area (TPSA) is 107 Å². The van der Waals surface area contributed by atoms with Crippen LogP contribution in [0.25, 0.3) is 0 Å². The molecule has 160 valence electrons. The molecule has 0 aromatic heterocycles. The Hall–Kier alpha value is -3.46. The van der Waals surface area contributed by atoms with E-state index < -0.39 is 11.9 Å². The fourth-order valence-corrected chi connectivity index (χ4v) is 2.92. The maximum atomic E-state index is 13.7. The standard InChI is InChI=1S/C19H21FN2O2.C2H2O4/c1-24-17-7-4-6-15(13-17)19(23)22-11-9-21(10-12-22)14-16-5-2-3-8-18(16)20;3-1(4)2(5)6/h2-8,13H,9-12,14H2,1H3;(H,3,4)(H,5,6). The molecular formula is C21H23FN2O6. The molecule has 1 aliphatic heterocycles. The number of hydrogen-bond acceptors (Lipinski definition) is 5. The fourth-order valence-electron chi connectivity index (χ4n) is 2.92. The van der Waals surface area contributed by atoms with Crippen molar-refractivity contribution in [3.05, 3.63) is 65.5 Å². The van der Waals surface area contributed by atoms with Gasteiger partial charge in [0.1, 0.15) is 11.6 Å². The van der Waals surface area contributed by atoms with Crippen molar-refractivity contribution in [2.45, 2.75) is 6.54 Å². The molecule has 30 heavy (non-hydrogen) atoms. The maximum Gasteiger partial charge on any atom is 0.414 e. The maximum absolute atomic E-state index is 13.7. The van der Waals surface area contributed by atoms with E-state index in [1.807, 2.05) is 29.2 Å². The molecule has 3 rings (SSSR count). The molecule has 8 nitrogen and oxygen atoms in total. The van der Waals surface area contributed by atoms with E-state index in [0.29, 0.717) is 36.5 Å². The van der Waals surface area contributed by atoms with Crippen molar-refractivity contribution in [1.82, 2.24) is 9.80 Å². The van der Waals surface area contributed by atoms with Crippen molar-refractivity contribution in [2.24, 2.45) is 0 Å². The van der Waals surface area contributed by atoms with Gasteiger partial charge in [-0.2, -0.15) is 0 Å². The second-order valence-corrected chi connectivity index (χ2v) is 6.50. The number of benzene rings is 2. The minimum atomic E-state index is -1.82. The first kappa shape index (κ1) is 22.8. The lowest BCUT2D eigenvalue weighted by Gasteiger charge is -2.34. The van der Waals surface area contributed by atoms with Gasteiger partial charge in [0.2, 0.25) is 0 Å². The van der Waals surface area contributed by atoms with Crippen LogP contribution < -0.4 is 4.74 Å². The number of carbonyl (C=O) groups excluding carboxylic acids is 1. The lowest BCUT2D eigenvalue weighted by molar-refractivity contribution is -0.159. The molecule has 0 saturated carbocycles. The number of piperazine rings is 1. The molecule has 2 aromatic rings. The van der Waals surface area contributed by atoms with Crippen LogP contribution in [0, 0.1) is 5.82 Å². The summed E-state index contributed by atoms with van der Waals surface area (Å²) in [5, 5.41) is 14.8. The molecule has 1 aliphatic rings. The predicted molar refractivity (Wildman–Crippen MR) is 106 cm³/mol. The molecule has 2 N–H and O–H groups in total. The highest BCUT2D eigenvalue weighted by atomic mass is 19.1. The zero-order chi connectivity index (χ0) is 22.1. The normalized spacial score (nSPS) is 13.7. The number of aliphatic carboxylic acids is 2. The third kappa shape index (κ3) is 6.56. The minimum absolute atomic E-state index is 0.0134. The van der Waals surface area contributed by atoms with E-state index in [1.54, 1.807) is 25.3 Å². The van der Waals surface area contributed by atoms with Crippen LogP contribution in [0.4, 0.5) is 4.39 Å². The highest BCUT2D eigenvalue weighted by Crippen LogP contribution is 2.17. The quantitative estimate of drug-likeness (QED) is 0.731. The second-order valence-electron chi connectivity index (χ2n) is 6.50. The second kappa shape index (κ2) is 10.9. The van der Waals surface area contributed by atoms with Gasteiger partial charge in [-0.15, -0.1) is 0 Å². The Morgan fingerprint density at radius 1 is 0.967 bits per heavy atom. The van der Waals surface area contributed by atoms with Crippen molar-refractivity contribution in [2.75, 3.05) is 33.3 Å². The Bertz CT molecular complexity index is 885. The Morgan fingerprint density at radius 3 is 2.17 bits per heavy atom. The number of hydrogen-bond donors (Lipinski definition) is 2. The van der Waals surface area contributed by atoms with Crippen molar-refractivity contribution in [3.63, 3.8) is 0 Å². The molecule has 1 saturated heterocycles. The van der Waals surface area contributed by atoms with Gasteiger partial charge in [-0.25, -0.2) is 14.0 Å². The summed E-state index contributed by atoms with van der Waals surface area (Å²) in [5.74, 6) is -3.13. The minimum Gasteiger partial charge on any atom is -0.497 e. The number of methoxy groups -OCH3 is 1. The molecule has 2 aromatic carbocycles. The van der Waals surface area contributed by atoms with Crippen LogP contribution in [0.5, 0.6) is 5.75 Å². The van der Waals surface area contributed by atoms with E-state index in [0.717, 1.165) is 13.1 Å². The summed E-state index contributed by atoms with van der Waals surface area (Å²) < 4.78 is 18.9. The molecule has 1 fully saturated rings. The lowest BCUT2D eigenvalue weighted by Crippen LogP contribution is -2.48. The summed E-state index contributed by atoms with van der Waals surface area (Å²) in [4.78, 5) is 34.8. The Kier molecular flexibility index (Phi) is 8.30. The van der Waals surface area contributed by atoms with Crippen LogP contribution in [0.3, 0.4) is 0 Å². The molecule has 0 unspecified atom stereocenters. The van der Waals surface area contributed by atoms with E-state index in [-0.39, 0.29) is 11.7 Å². The Labute approximate surface area is 173 Å². The predicted octanol–water partition coefficient (Wildman–Crippen LogP) is 1.95. The fraction of sp³-hybridized carbons (Fsp3) is 0.286. The first-order valence-corrected chi connectivity index (χ1v) is 9.17. The van der Waals surface area contributed by atoms with E-state index in [2.05, 4.69) is 4.90 Å². The third-order valence-corrected chi connectivity index (χ3v) is 4.51. The number of nitrogens with zero attached hydrogens (tertiary/aromatic N) is 2. The van der Waals surface area contributed by atoms with Gasteiger partial charge in [0.25, 0.3) is 5.91 Å². The molecule has 1 amide bonds. The number of ether oxygens (including phenoxy) is 1. The molecule has 9 heteroatoms. The van der Waals surface area contributed by atoms with Gasteiger partial charge in [0, 0.05) is 43.9 Å². The monoisotopic (exact) mass is 418 g/mol. The molecule has 0 aliphatic carbocycles. The van der Waals surface area contributed by atoms with Crippen LogP contribution >= 0.6 is 0 Å². The van der Waals surface area contributed by atoms with Crippen molar-refractivity contribution < 1.29 is 33.7 Å². The van der Waals surface area contributed by atoms with Gasteiger partial charge in [0.05, 0.1) is 7.11 Å². The summed E-state index contributed by atoms with van der Waals surface area (Å²) in [5.41, 5.74) is 1.34. The molecule has 1 heterocycles. The average molecular weight is 418 g/mol. The zero-order valence-electron chi connectivity index (χ0n) is 16.5. The van der Waals surface area contributed by atoms with Crippen LogP contribution in [-0.2, 0) is 16.1 Å². The summed E-state index contributed by atoms with van der Waals surface area (Å²) >= 11 is 0. The highest BCUT2D eigenvalue weighted by Gasteiger charge is 2.22. The first-order chi connectivity index (χ1) is 14.3. The number of halogens is 1. The number of carboxylic acid groups (broad SMARTS) is 2. The van der Waals surface area contributed by atoms with Crippen LogP contribution in [0.15, 0.2) is 48.5 Å². The van der Waals surface area contributed by atoms with Gasteiger partial charge < -0.3 is 19.8 Å². The first-order valence-electron chi connectivity index (χ1n) is 9.17. The van der Waals surface area contributed by atoms with Crippen LogP contribution in [0.2, 0.25) is 0 Å². The van der Waals surface area contributed by atoms with E-state index in [4.69, 9.17) is 24.5 Å². The van der Waals surface area contributed by atoms with Crippen LogP contribution in [-0.4, -0.2) is 71.1 Å². The summed E-state index contributed by atoms with van der Waals surface area (Å²) in [6.07, 6.45) is 0. The number of carbonyl (C=O) groups is 3.